The third kappa shape index (κ3) is 4.49. The van der Waals surface area contributed by atoms with E-state index >= 15 is 0 Å². The third-order valence-electron chi connectivity index (χ3n) is 3.53. The van der Waals surface area contributed by atoms with E-state index in [1.54, 1.807) is 39.0 Å². The number of aromatic nitrogens is 2. The molecule has 1 N–H and O–H groups in total. The summed E-state index contributed by atoms with van der Waals surface area (Å²) in [7, 11) is -2.14. The molecule has 0 radical (unpaired) electrons. The first-order chi connectivity index (χ1) is 12.4. The smallest absolute Gasteiger partial charge is 0.363 e. The van der Waals surface area contributed by atoms with Crippen LogP contribution < -0.4 is 4.74 Å². The number of benzene rings is 1. The zero-order valence-electron chi connectivity index (χ0n) is 15.3. The molecule has 0 saturated heterocycles. The first-order valence-corrected chi connectivity index (χ1v) is 9.74. The number of nitrogens with zero attached hydrogens (tertiary/aromatic N) is 2. The minimum Gasteiger partial charge on any atom is -0.504 e. The lowest BCUT2D eigenvalue weighted by atomic mass is 10.1. The Labute approximate surface area is 153 Å². The largest absolute Gasteiger partial charge is 0.504 e. The number of ether oxygens (including phenoxy) is 1. The Bertz CT molecular complexity index is 814. The van der Waals surface area contributed by atoms with Gasteiger partial charge in [-0.1, -0.05) is 0 Å². The number of methoxy groups -OCH3 is 1. The van der Waals surface area contributed by atoms with Crippen LogP contribution in [0.15, 0.2) is 30.7 Å². The molecule has 0 fully saturated rings. The number of rotatable bonds is 8. The molecule has 8 heteroatoms. The molecule has 0 bridgehead atoms. The molecule has 0 aliphatic carbocycles. The van der Waals surface area contributed by atoms with E-state index in [1.807, 2.05) is 0 Å². The predicted molar refractivity (Wildman–Crippen MR) is 100 cm³/mol. The summed E-state index contributed by atoms with van der Waals surface area (Å²) in [6, 6.07) is 3.39. The van der Waals surface area contributed by atoms with Crippen molar-refractivity contribution in [3.63, 3.8) is 0 Å². The molecule has 0 aliphatic heterocycles. The fourth-order valence-corrected chi connectivity index (χ4v) is 4.15. The van der Waals surface area contributed by atoms with Gasteiger partial charge in [-0.05, 0) is 50.1 Å². The molecule has 0 aliphatic rings. The van der Waals surface area contributed by atoms with Gasteiger partial charge in [0.15, 0.2) is 11.5 Å². The maximum absolute atomic E-state index is 13.4. The molecule has 2 aromatic rings. The second-order valence-electron chi connectivity index (χ2n) is 5.34. The lowest BCUT2D eigenvalue weighted by Crippen LogP contribution is -2.01. The molecule has 1 aromatic carbocycles. The summed E-state index contributed by atoms with van der Waals surface area (Å²) in [5.74, 6) is 0.376. The molecule has 0 unspecified atom stereocenters. The van der Waals surface area contributed by atoms with Gasteiger partial charge >= 0.3 is 7.60 Å². The highest BCUT2D eigenvalue weighted by Gasteiger charge is 2.32. The van der Waals surface area contributed by atoms with Gasteiger partial charge < -0.3 is 18.9 Å². The fraction of sp³-hybridized carbons (Fsp3) is 0.333. The molecule has 0 amide bonds. The normalized spacial score (nSPS) is 12.2. The summed E-state index contributed by atoms with van der Waals surface area (Å²) in [6.45, 7) is 5.67. The van der Waals surface area contributed by atoms with E-state index in [2.05, 4.69) is 9.97 Å². The van der Waals surface area contributed by atoms with Crippen LogP contribution in [-0.4, -0.2) is 35.4 Å². The minimum absolute atomic E-state index is 0.0588. The van der Waals surface area contributed by atoms with E-state index in [-0.39, 0.29) is 19.0 Å². The van der Waals surface area contributed by atoms with Crippen LogP contribution in [0.2, 0.25) is 0 Å². The van der Waals surface area contributed by atoms with Crippen LogP contribution in [-0.2, 0) is 13.6 Å². The van der Waals surface area contributed by atoms with Crippen molar-refractivity contribution in [3.05, 3.63) is 47.5 Å². The summed E-state index contributed by atoms with van der Waals surface area (Å²) in [4.78, 5) is 8.29. The van der Waals surface area contributed by atoms with Gasteiger partial charge in [-0.15, -0.1) is 0 Å². The number of aryl methyl sites for hydroxylation is 1. The summed E-state index contributed by atoms with van der Waals surface area (Å²) in [5, 5.41) is 10.3. The molecule has 0 atom stereocenters. The van der Waals surface area contributed by atoms with Crippen molar-refractivity contribution in [2.45, 2.75) is 20.8 Å². The standard InChI is InChI=1S/C18H23N2O5P/c1-5-24-26(22,25-6-2)17(15-12-19-7-8-20-15)11-14-9-13(3)18(21)16(10-14)23-4/h7-12,21H,5-6H2,1-4H3/b17-11-. The van der Waals surface area contributed by atoms with Crippen molar-refractivity contribution in [2.75, 3.05) is 20.3 Å². The molecule has 26 heavy (non-hydrogen) atoms. The zero-order chi connectivity index (χ0) is 19.2. The van der Waals surface area contributed by atoms with Crippen molar-refractivity contribution in [3.8, 4) is 11.5 Å². The lowest BCUT2D eigenvalue weighted by Gasteiger charge is -2.20. The first-order valence-electron chi connectivity index (χ1n) is 8.20. The number of hydrogen-bond acceptors (Lipinski definition) is 7. The second-order valence-corrected chi connectivity index (χ2v) is 7.34. The van der Waals surface area contributed by atoms with Crippen LogP contribution >= 0.6 is 7.60 Å². The molecule has 7 nitrogen and oxygen atoms in total. The van der Waals surface area contributed by atoms with Gasteiger partial charge in [-0.3, -0.25) is 14.5 Å². The number of hydrogen-bond donors (Lipinski definition) is 1. The number of phenolic OH excluding ortho intramolecular Hbond substituents is 1. The van der Waals surface area contributed by atoms with Crippen LogP contribution in [0.4, 0.5) is 0 Å². The minimum atomic E-state index is -3.61. The van der Waals surface area contributed by atoms with Crippen molar-refractivity contribution >= 4 is 19.0 Å². The average Bonchev–Trinajstić information content (AvgIpc) is 2.63. The molecule has 0 saturated carbocycles. The predicted octanol–water partition coefficient (Wildman–Crippen LogP) is 4.26. The highest BCUT2D eigenvalue weighted by molar-refractivity contribution is 7.65. The second kappa shape index (κ2) is 8.94. The zero-order valence-corrected chi connectivity index (χ0v) is 16.2. The van der Waals surface area contributed by atoms with Gasteiger partial charge in [0, 0.05) is 12.4 Å². The van der Waals surface area contributed by atoms with Crippen LogP contribution in [0.3, 0.4) is 0 Å². The van der Waals surface area contributed by atoms with Crippen molar-refractivity contribution < 1.29 is 23.5 Å². The Kier molecular flexibility index (Phi) is 6.91. The molecule has 1 heterocycles. The molecule has 0 spiro atoms. The Balaban J connectivity index is 2.66. The van der Waals surface area contributed by atoms with Crippen LogP contribution in [0.25, 0.3) is 11.4 Å². The van der Waals surface area contributed by atoms with E-state index in [0.29, 0.717) is 27.9 Å². The maximum atomic E-state index is 13.4. The fourth-order valence-electron chi connectivity index (χ4n) is 2.41. The summed E-state index contributed by atoms with van der Waals surface area (Å²) >= 11 is 0. The molecular weight excluding hydrogens is 355 g/mol. The Hall–Kier alpha value is -2.21. The quantitative estimate of drug-likeness (QED) is 0.686. The topological polar surface area (TPSA) is 90.8 Å². The first kappa shape index (κ1) is 20.1. The highest BCUT2D eigenvalue weighted by Crippen LogP contribution is 2.60. The van der Waals surface area contributed by atoms with Crippen molar-refractivity contribution in [1.29, 1.82) is 0 Å². The van der Waals surface area contributed by atoms with E-state index in [4.69, 9.17) is 13.8 Å². The van der Waals surface area contributed by atoms with Crippen LogP contribution in [0.5, 0.6) is 11.5 Å². The average molecular weight is 378 g/mol. The van der Waals surface area contributed by atoms with Gasteiger partial charge in [0.2, 0.25) is 0 Å². The molecular formula is C18H23N2O5P. The highest BCUT2D eigenvalue weighted by atomic mass is 31.2. The number of phenols is 1. The van der Waals surface area contributed by atoms with Crippen LogP contribution in [0, 0.1) is 6.92 Å². The SMILES string of the molecule is CCOP(=O)(OCC)/C(=C\c1cc(C)c(O)c(OC)c1)c1cnccn1. The Morgan fingerprint density at radius 1 is 1.23 bits per heavy atom. The molecule has 2 rings (SSSR count). The monoisotopic (exact) mass is 378 g/mol. The number of aromatic hydroxyl groups is 1. The van der Waals surface area contributed by atoms with Gasteiger partial charge in [-0.2, -0.15) is 0 Å². The van der Waals surface area contributed by atoms with Gasteiger partial charge in [0.1, 0.15) is 0 Å². The lowest BCUT2D eigenvalue weighted by molar-refractivity contribution is 0.230. The molecule has 1 aromatic heterocycles. The van der Waals surface area contributed by atoms with Gasteiger partial charge in [0.05, 0.1) is 37.5 Å². The van der Waals surface area contributed by atoms with Gasteiger partial charge in [0.25, 0.3) is 0 Å². The third-order valence-corrected chi connectivity index (χ3v) is 5.67. The van der Waals surface area contributed by atoms with E-state index < -0.39 is 7.60 Å². The van der Waals surface area contributed by atoms with E-state index in [0.717, 1.165) is 0 Å². The van der Waals surface area contributed by atoms with Crippen molar-refractivity contribution in [1.82, 2.24) is 9.97 Å². The van der Waals surface area contributed by atoms with Gasteiger partial charge in [-0.25, -0.2) is 0 Å². The Morgan fingerprint density at radius 2 is 1.92 bits per heavy atom. The summed E-state index contributed by atoms with van der Waals surface area (Å²) < 4.78 is 29.5. The molecule has 140 valence electrons. The van der Waals surface area contributed by atoms with E-state index in [1.165, 1.54) is 25.7 Å². The van der Waals surface area contributed by atoms with Crippen molar-refractivity contribution in [2.24, 2.45) is 0 Å². The summed E-state index contributed by atoms with van der Waals surface area (Å²) in [5.41, 5.74) is 1.68. The van der Waals surface area contributed by atoms with E-state index in [9.17, 15) is 9.67 Å². The maximum Gasteiger partial charge on any atom is 0.363 e. The van der Waals surface area contributed by atoms with Crippen LogP contribution in [0.1, 0.15) is 30.7 Å². The summed E-state index contributed by atoms with van der Waals surface area (Å²) in [6.07, 6.45) is 6.20. The Morgan fingerprint density at radius 3 is 2.46 bits per heavy atom.